The van der Waals surface area contributed by atoms with Crippen molar-refractivity contribution in [1.29, 1.82) is 0 Å². The molecule has 7 nitrogen and oxygen atoms in total. The van der Waals surface area contributed by atoms with Gasteiger partial charge in [0.25, 0.3) is 5.56 Å². The van der Waals surface area contributed by atoms with E-state index < -0.39 is 11.4 Å². The third-order valence-electron chi connectivity index (χ3n) is 5.75. The van der Waals surface area contributed by atoms with Gasteiger partial charge in [-0.1, -0.05) is 53.8 Å². The number of carbonyl (C=O) groups excluding carboxylic acids is 1. The zero-order chi connectivity index (χ0) is 22.8. The van der Waals surface area contributed by atoms with E-state index in [2.05, 4.69) is 20.3 Å². The number of nitrogens with one attached hydrogen (secondary N) is 2. The number of piperidine rings is 1. The van der Waals surface area contributed by atoms with E-state index in [1.54, 1.807) is 18.2 Å². The Bertz CT molecular complexity index is 1350. The van der Waals surface area contributed by atoms with E-state index in [1.807, 2.05) is 35.2 Å². The van der Waals surface area contributed by atoms with Crippen LogP contribution < -0.4 is 15.8 Å². The zero-order valence-electron chi connectivity index (χ0n) is 17.8. The molecular formula is C24H22FN5O2S. The normalized spacial score (nSPS) is 16.2. The van der Waals surface area contributed by atoms with E-state index in [0.717, 1.165) is 18.4 Å². The number of anilines is 1. The molecule has 33 heavy (non-hydrogen) atoms. The lowest BCUT2D eigenvalue weighted by Gasteiger charge is -2.34. The maximum absolute atomic E-state index is 14.2. The Morgan fingerprint density at radius 3 is 2.73 bits per heavy atom. The molecule has 1 atom stereocenters. The van der Waals surface area contributed by atoms with Gasteiger partial charge in [0.05, 0.1) is 5.56 Å². The summed E-state index contributed by atoms with van der Waals surface area (Å²) in [5.41, 5.74) is 1.03. The first kappa shape index (κ1) is 21.3. The van der Waals surface area contributed by atoms with Crippen LogP contribution in [0.1, 0.15) is 24.8 Å². The molecule has 168 valence electrons. The number of nitrogens with zero attached hydrogens (tertiary/aromatic N) is 3. The standard InChI is InChI=1S/C24H22FN5O2S/c25-17-11-5-4-10-16(17)20-28-22(32)19-23(29-20)33-24(27-19)30-13-7-6-12-18(30)21(31)26-14-15-8-2-1-3-9-15/h1-5,8-11,18H,6-7,12-14H2,(H,26,31)(H,28,29,32)/t18-/m1/s1. The number of thiazole rings is 1. The minimum absolute atomic E-state index is 0.0632. The smallest absolute Gasteiger partial charge is 0.278 e. The summed E-state index contributed by atoms with van der Waals surface area (Å²) in [6, 6.07) is 15.6. The molecule has 9 heteroatoms. The van der Waals surface area contributed by atoms with E-state index in [1.165, 1.54) is 17.4 Å². The van der Waals surface area contributed by atoms with Gasteiger partial charge in [-0.3, -0.25) is 9.59 Å². The lowest BCUT2D eigenvalue weighted by Crippen LogP contribution is -2.49. The zero-order valence-corrected chi connectivity index (χ0v) is 18.6. The number of aromatic amines is 1. The Labute approximate surface area is 193 Å². The molecule has 4 aromatic rings. The predicted molar refractivity (Wildman–Crippen MR) is 127 cm³/mol. The summed E-state index contributed by atoms with van der Waals surface area (Å²) in [4.78, 5) is 39.7. The maximum Gasteiger partial charge on any atom is 0.278 e. The second kappa shape index (κ2) is 9.11. The highest BCUT2D eigenvalue weighted by Gasteiger charge is 2.31. The lowest BCUT2D eigenvalue weighted by molar-refractivity contribution is -0.123. The summed E-state index contributed by atoms with van der Waals surface area (Å²) in [5, 5.41) is 3.60. The van der Waals surface area contributed by atoms with Crippen LogP contribution in [0, 0.1) is 5.82 Å². The van der Waals surface area contributed by atoms with Crippen molar-refractivity contribution in [2.75, 3.05) is 11.4 Å². The Hall–Kier alpha value is -3.59. The van der Waals surface area contributed by atoms with E-state index in [0.29, 0.717) is 29.5 Å². The fourth-order valence-electron chi connectivity index (χ4n) is 4.06. The predicted octanol–water partition coefficient (Wildman–Crippen LogP) is 3.86. The molecule has 1 fully saturated rings. The molecule has 0 radical (unpaired) electrons. The van der Waals surface area contributed by atoms with Gasteiger partial charge in [0.2, 0.25) is 5.91 Å². The quantitative estimate of drug-likeness (QED) is 0.469. The van der Waals surface area contributed by atoms with Crippen molar-refractivity contribution in [3.05, 3.63) is 76.3 Å². The molecule has 2 aromatic heterocycles. The number of halogens is 1. The Morgan fingerprint density at radius 1 is 1.12 bits per heavy atom. The van der Waals surface area contributed by atoms with Gasteiger partial charge in [0.15, 0.2) is 15.5 Å². The first-order valence-corrected chi connectivity index (χ1v) is 11.7. The van der Waals surface area contributed by atoms with Crippen molar-refractivity contribution in [3.8, 4) is 11.4 Å². The summed E-state index contributed by atoms with van der Waals surface area (Å²) in [6.45, 7) is 1.12. The number of rotatable bonds is 5. The molecule has 0 unspecified atom stereocenters. The molecule has 2 aromatic carbocycles. The van der Waals surface area contributed by atoms with Crippen molar-refractivity contribution in [3.63, 3.8) is 0 Å². The van der Waals surface area contributed by atoms with Crippen LogP contribution in [-0.2, 0) is 11.3 Å². The number of H-pyrrole nitrogens is 1. The number of aromatic nitrogens is 3. The lowest BCUT2D eigenvalue weighted by atomic mass is 10.0. The van der Waals surface area contributed by atoms with Crippen LogP contribution in [0.2, 0.25) is 0 Å². The van der Waals surface area contributed by atoms with Gasteiger partial charge >= 0.3 is 0 Å². The van der Waals surface area contributed by atoms with E-state index in [9.17, 15) is 14.0 Å². The van der Waals surface area contributed by atoms with Crippen LogP contribution in [0.3, 0.4) is 0 Å². The van der Waals surface area contributed by atoms with Gasteiger partial charge in [-0.2, -0.15) is 0 Å². The number of benzene rings is 2. The second-order valence-electron chi connectivity index (χ2n) is 7.95. The maximum atomic E-state index is 14.2. The highest BCUT2D eigenvalue weighted by Crippen LogP contribution is 2.32. The van der Waals surface area contributed by atoms with Gasteiger partial charge < -0.3 is 15.2 Å². The molecule has 0 aliphatic carbocycles. The first-order valence-electron chi connectivity index (χ1n) is 10.8. The monoisotopic (exact) mass is 463 g/mol. The van der Waals surface area contributed by atoms with Crippen molar-refractivity contribution in [1.82, 2.24) is 20.3 Å². The molecule has 1 aliphatic heterocycles. The van der Waals surface area contributed by atoms with E-state index >= 15 is 0 Å². The SMILES string of the molecule is O=C(NCc1ccccc1)[C@H]1CCCCN1c1nc2c(=O)[nH]c(-c3ccccc3F)nc2s1. The summed E-state index contributed by atoms with van der Waals surface area (Å²) in [6.07, 6.45) is 2.59. The molecule has 1 amide bonds. The molecule has 0 spiro atoms. The fourth-order valence-corrected chi connectivity index (χ4v) is 5.08. The highest BCUT2D eigenvalue weighted by molar-refractivity contribution is 7.21. The van der Waals surface area contributed by atoms with Crippen LogP contribution in [0.4, 0.5) is 9.52 Å². The summed E-state index contributed by atoms with van der Waals surface area (Å²) in [5.74, 6) is -0.362. The summed E-state index contributed by atoms with van der Waals surface area (Å²) in [7, 11) is 0. The minimum atomic E-state index is -0.462. The van der Waals surface area contributed by atoms with Gasteiger partial charge in [-0.05, 0) is 37.0 Å². The van der Waals surface area contributed by atoms with E-state index in [4.69, 9.17) is 0 Å². The topological polar surface area (TPSA) is 91.0 Å². The van der Waals surface area contributed by atoms with Crippen molar-refractivity contribution in [2.45, 2.75) is 31.8 Å². The number of hydrogen-bond acceptors (Lipinski definition) is 6. The van der Waals surface area contributed by atoms with Crippen LogP contribution in [-0.4, -0.2) is 33.4 Å². The largest absolute Gasteiger partial charge is 0.350 e. The van der Waals surface area contributed by atoms with E-state index in [-0.39, 0.29) is 28.9 Å². The molecule has 0 bridgehead atoms. The third kappa shape index (κ3) is 4.36. The minimum Gasteiger partial charge on any atom is -0.350 e. The van der Waals surface area contributed by atoms with Gasteiger partial charge in [-0.25, -0.2) is 14.4 Å². The molecule has 1 saturated heterocycles. The van der Waals surface area contributed by atoms with Crippen LogP contribution in [0.25, 0.3) is 21.7 Å². The number of hydrogen-bond donors (Lipinski definition) is 2. The Morgan fingerprint density at radius 2 is 1.91 bits per heavy atom. The van der Waals surface area contributed by atoms with Gasteiger partial charge in [0.1, 0.15) is 17.7 Å². The molecule has 1 aliphatic rings. The molecule has 3 heterocycles. The summed E-state index contributed by atoms with van der Waals surface area (Å²) < 4.78 is 14.2. The van der Waals surface area contributed by atoms with Crippen molar-refractivity contribution < 1.29 is 9.18 Å². The number of fused-ring (bicyclic) bond motifs is 1. The second-order valence-corrected chi connectivity index (χ2v) is 8.91. The molecule has 5 rings (SSSR count). The number of amides is 1. The average molecular weight is 464 g/mol. The molecule has 2 N–H and O–H groups in total. The van der Waals surface area contributed by atoms with Crippen molar-refractivity contribution >= 4 is 32.7 Å². The highest BCUT2D eigenvalue weighted by atomic mass is 32.1. The third-order valence-corrected chi connectivity index (χ3v) is 6.73. The fraction of sp³-hybridized carbons (Fsp3) is 0.250. The van der Waals surface area contributed by atoms with Gasteiger partial charge in [0, 0.05) is 13.1 Å². The van der Waals surface area contributed by atoms with Crippen LogP contribution in [0.5, 0.6) is 0 Å². The Balaban J connectivity index is 1.43. The molecular weight excluding hydrogens is 441 g/mol. The number of carbonyl (C=O) groups is 1. The van der Waals surface area contributed by atoms with Crippen molar-refractivity contribution in [2.24, 2.45) is 0 Å². The summed E-state index contributed by atoms with van der Waals surface area (Å²) >= 11 is 1.25. The first-order chi connectivity index (χ1) is 16.1. The van der Waals surface area contributed by atoms with Crippen LogP contribution >= 0.6 is 11.3 Å². The van der Waals surface area contributed by atoms with Crippen LogP contribution in [0.15, 0.2) is 59.4 Å². The molecule has 0 saturated carbocycles. The average Bonchev–Trinajstić information content (AvgIpc) is 3.28. The van der Waals surface area contributed by atoms with Gasteiger partial charge in [-0.15, -0.1) is 0 Å². The Kier molecular flexibility index (Phi) is 5.87.